The number of aromatic nitrogens is 2. The Kier molecular flexibility index (Phi) is 5.60. The summed E-state index contributed by atoms with van der Waals surface area (Å²) in [4.78, 5) is 17.1. The van der Waals surface area contributed by atoms with E-state index in [0.717, 1.165) is 29.9 Å². The Labute approximate surface area is 173 Å². The van der Waals surface area contributed by atoms with Gasteiger partial charge in [-0.2, -0.15) is 5.10 Å². The van der Waals surface area contributed by atoms with Crippen LogP contribution >= 0.6 is 0 Å². The van der Waals surface area contributed by atoms with Gasteiger partial charge in [-0.25, -0.2) is 4.79 Å². The zero-order valence-corrected chi connectivity index (χ0v) is 17.7. The number of piperidine rings is 1. The molecule has 1 aromatic carbocycles. The van der Waals surface area contributed by atoms with Crippen molar-refractivity contribution in [2.75, 3.05) is 29.9 Å². The van der Waals surface area contributed by atoms with E-state index in [1.54, 1.807) is 0 Å². The molecule has 6 nitrogen and oxygen atoms in total. The van der Waals surface area contributed by atoms with Crippen molar-refractivity contribution in [3.05, 3.63) is 47.8 Å². The van der Waals surface area contributed by atoms with Gasteiger partial charge in [-0.15, -0.1) is 0 Å². The monoisotopic (exact) mass is 393 g/mol. The minimum Gasteiger partial charge on any atom is -0.369 e. The zero-order valence-electron chi connectivity index (χ0n) is 17.7. The summed E-state index contributed by atoms with van der Waals surface area (Å²) in [5, 5.41) is 7.34. The molecule has 0 bridgehead atoms. The van der Waals surface area contributed by atoms with Crippen LogP contribution in [-0.2, 0) is 7.05 Å². The van der Waals surface area contributed by atoms with Crippen LogP contribution in [0.1, 0.15) is 43.9 Å². The van der Waals surface area contributed by atoms with Gasteiger partial charge in [-0.3, -0.25) is 4.68 Å². The number of carbonyl (C=O) groups is 1. The lowest BCUT2D eigenvalue weighted by atomic mass is 10.0. The Morgan fingerprint density at radius 1 is 1.21 bits per heavy atom. The van der Waals surface area contributed by atoms with E-state index in [-0.39, 0.29) is 6.03 Å². The molecule has 0 aliphatic carbocycles. The van der Waals surface area contributed by atoms with Crippen molar-refractivity contribution in [3.8, 4) is 0 Å². The Hall–Kier alpha value is -2.76. The highest BCUT2D eigenvalue weighted by Gasteiger charge is 2.21. The first-order valence-electron chi connectivity index (χ1n) is 10.6. The van der Waals surface area contributed by atoms with Gasteiger partial charge in [0.25, 0.3) is 0 Å². The molecular formula is C23H31N5O. The van der Waals surface area contributed by atoms with Crippen molar-refractivity contribution in [1.29, 1.82) is 0 Å². The van der Waals surface area contributed by atoms with Crippen LogP contribution < -0.4 is 10.2 Å². The van der Waals surface area contributed by atoms with Gasteiger partial charge in [-0.1, -0.05) is 6.08 Å². The maximum absolute atomic E-state index is 12.8. The lowest BCUT2D eigenvalue weighted by molar-refractivity contribution is 0.217. The third kappa shape index (κ3) is 4.16. The number of hydrogen-bond acceptors (Lipinski definition) is 3. The van der Waals surface area contributed by atoms with Crippen LogP contribution in [-0.4, -0.2) is 46.4 Å². The van der Waals surface area contributed by atoms with Gasteiger partial charge in [-0.05, 0) is 74.9 Å². The van der Waals surface area contributed by atoms with Crippen LogP contribution in [0, 0.1) is 6.92 Å². The fourth-order valence-corrected chi connectivity index (χ4v) is 4.42. The number of nitrogens with one attached hydrogen (secondary N) is 1. The molecule has 1 fully saturated rings. The molecule has 2 aromatic rings. The van der Waals surface area contributed by atoms with Gasteiger partial charge in [0, 0.05) is 50.3 Å². The van der Waals surface area contributed by atoms with Crippen molar-refractivity contribution >= 4 is 23.0 Å². The van der Waals surface area contributed by atoms with Gasteiger partial charge in [0.1, 0.15) is 0 Å². The van der Waals surface area contributed by atoms with Crippen LogP contribution in [0.25, 0.3) is 5.57 Å². The molecule has 0 spiro atoms. The largest absolute Gasteiger partial charge is 0.369 e. The topological polar surface area (TPSA) is 53.4 Å². The number of rotatable bonds is 3. The number of hydrogen-bond donors (Lipinski definition) is 1. The van der Waals surface area contributed by atoms with Gasteiger partial charge >= 0.3 is 6.03 Å². The predicted octanol–water partition coefficient (Wildman–Crippen LogP) is 4.43. The summed E-state index contributed by atoms with van der Waals surface area (Å²) in [5.74, 6) is 0. The number of nitrogens with zero attached hydrogens (tertiary/aromatic N) is 4. The van der Waals surface area contributed by atoms with E-state index >= 15 is 0 Å². The van der Waals surface area contributed by atoms with Crippen molar-refractivity contribution in [2.24, 2.45) is 7.05 Å². The summed E-state index contributed by atoms with van der Waals surface area (Å²) >= 11 is 0. The van der Waals surface area contributed by atoms with Crippen LogP contribution in [0.2, 0.25) is 0 Å². The van der Waals surface area contributed by atoms with Gasteiger partial charge in [0.05, 0.1) is 5.69 Å². The second kappa shape index (κ2) is 8.31. The van der Waals surface area contributed by atoms with Crippen LogP contribution in [0.5, 0.6) is 0 Å². The Morgan fingerprint density at radius 2 is 2.07 bits per heavy atom. The van der Waals surface area contributed by atoms with E-state index in [2.05, 4.69) is 47.4 Å². The van der Waals surface area contributed by atoms with E-state index in [9.17, 15) is 4.79 Å². The third-order valence-electron chi connectivity index (χ3n) is 6.23. The number of carbonyl (C=O) groups excluding carboxylic acids is 1. The lowest BCUT2D eigenvalue weighted by Crippen LogP contribution is -2.38. The molecule has 0 saturated carbocycles. The van der Waals surface area contributed by atoms with Crippen LogP contribution in [0.3, 0.4) is 0 Å². The molecule has 1 N–H and O–H groups in total. The molecule has 29 heavy (non-hydrogen) atoms. The average molecular weight is 394 g/mol. The van der Waals surface area contributed by atoms with E-state index < -0.39 is 0 Å². The number of urea groups is 1. The SMILES string of the molecule is Cc1cc(N2CCCCC2C)ccc1NC(=O)N1CC=C(c2ccnn2C)CC1. The van der Waals surface area contributed by atoms with Crippen molar-refractivity contribution in [2.45, 2.75) is 45.6 Å². The predicted molar refractivity (Wildman–Crippen MR) is 118 cm³/mol. The Bertz CT molecular complexity index is 916. The molecule has 1 saturated heterocycles. The van der Waals surface area contributed by atoms with Crippen LogP contribution in [0.15, 0.2) is 36.5 Å². The lowest BCUT2D eigenvalue weighted by Gasteiger charge is -2.35. The molecule has 1 atom stereocenters. The summed E-state index contributed by atoms with van der Waals surface area (Å²) < 4.78 is 1.88. The molecule has 2 aliphatic rings. The van der Waals surface area contributed by atoms with Gasteiger partial charge in [0.15, 0.2) is 0 Å². The third-order valence-corrected chi connectivity index (χ3v) is 6.23. The van der Waals surface area contributed by atoms with Crippen molar-refractivity contribution in [3.63, 3.8) is 0 Å². The second-order valence-electron chi connectivity index (χ2n) is 8.23. The fourth-order valence-electron chi connectivity index (χ4n) is 4.42. The smallest absolute Gasteiger partial charge is 0.322 e. The zero-order chi connectivity index (χ0) is 20.4. The summed E-state index contributed by atoms with van der Waals surface area (Å²) in [6, 6.07) is 8.96. The van der Waals surface area contributed by atoms with Crippen molar-refractivity contribution < 1.29 is 4.79 Å². The molecular weight excluding hydrogens is 362 g/mol. The Balaban J connectivity index is 1.40. The van der Waals surface area contributed by atoms with Crippen molar-refractivity contribution in [1.82, 2.24) is 14.7 Å². The normalized spacial score (nSPS) is 19.8. The molecule has 0 radical (unpaired) electrons. The summed E-state index contributed by atoms with van der Waals surface area (Å²) in [7, 11) is 1.95. The highest BCUT2D eigenvalue weighted by atomic mass is 16.2. The van der Waals surface area contributed by atoms with E-state index in [1.165, 1.54) is 30.5 Å². The first-order chi connectivity index (χ1) is 14.0. The highest BCUT2D eigenvalue weighted by Crippen LogP contribution is 2.29. The standard InChI is InChI=1S/C23H31N5O/c1-17-16-20(28-13-5-4-6-18(28)2)7-8-21(17)25-23(29)27-14-10-19(11-15-27)22-9-12-24-26(22)3/h7-10,12,16,18H,4-6,11,13-15H2,1-3H3,(H,25,29). The minimum absolute atomic E-state index is 0.0347. The molecule has 2 amide bonds. The van der Waals surface area contributed by atoms with E-state index in [1.807, 2.05) is 35.0 Å². The molecule has 3 heterocycles. The summed E-state index contributed by atoms with van der Waals surface area (Å²) in [5.41, 5.74) is 5.64. The average Bonchev–Trinajstić information content (AvgIpc) is 3.16. The van der Waals surface area contributed by atoms with Gasteiger partial charge in [0.2, 0.25) is 0 Å². The minimum atomic E-state index is -0.0347. The van der Waals surface area contributed by atoms with E-state index in [0.29, 0.717) is 19.1 Å². The first-order valence-corrected chi connectivity index (χ1v) is 10.6. The van der Waals surface area contributed by atoms with Crippen LogP contribution in [0.4, 0.5) is 16.2 Å². The molecule has 1 unspecified atom stereocenters. The fraction of sp³-hybridized carbons (Fsp3) is 0.478. The summed E-state index contributed by atoms with van der Waals surface area (Å²) in [6.45, 7) is 6.82. The maximum atomic E-state index is 12.8. The number of anilines is 2. The van der Waals surface area contributed by atoms with Gasteiger partial charge < -0.3 is 15.1 Å². The first kappa shape index (κ1) is 19.6. The number of aryl methyl sites for hydroxylation is 2. The summed E-state index contributed by atoms with van der Waals surface area (Å²) in [6.07, 6.45) is 8.61. The quantitative estimate of drug-likeness (QED) is 0.839. The van der Waals surface area contributed by atoms with E-state index in [4.69, 9.17) is 0 Å². The molecule has 2 aliphatic heterocycles. The maximum Gasteiger partial charge on any atom is 0.322 e. The molecule has 6 heteroatoms. The highest BCUT2D eigenvalue weighted by molar-refractivity contribution is 5.91. The second-order valence-corrected chi connectivity index (χ2v) is 8.23. The Morgan fingerprint density at radius 3 is 2.72 bits per heavy atom. The number of amides is 2. The number of benzene rings is 1. The molecule has 154 valence electrons. The molecule has 4 rings (SSSR count). The molecule has 1 aromatic heterocycles.